The summed E-state index contributed by atoms with van der Waals surface area (Å²) in [5.74, 6) is -0.484. The van der Waals surface area contributed by atoms with Gasteiger partial charge in [-0.1, -0.05) is 0 Å². The number of hydrogen-bond donors (Lipinski definition) is 0. The molecular formula is C18H20BrFO4S. The Hall–Kier alpha value is -1.34. The van der Waals surface area contributed by atoms with E-state index >= 15 is 0 Å². The molecule has 1 aliphatic rings. The second-order valence-electron chi connectivity index (χ2n) is 5.45. The Morgan fingerprint density at radius 1 is 1.40 bits per heavy atom. The van der Waals surface area contributed by atoms with Crippen LogP contribution in [0.3, 0.4) is 0 Å². The van der Waals surface area contributed by atoms with E-state index in [4.69, 9.17) is 9.47 Å². The van der Waals surface area contributed by atoms with Gasteiger partial charge in [-0.2, -0.15) is 0 Å². The predicted octanol–water partition coefficient (Wildman–Crippen LogP) is 4.60. The molecule has 0 aliphatic heterocycles. The molecule has 0 amide bonds. The molecule has 1 aromatic rings. The first-order valence-electron chi connectivity index (χ1n) is 8.01. The predicted molar refractivity (Wildman–Crippen MR) is 99.2 cm³/mol. The maximum Gasteiger partial charge on any atom is 0.203 e. The van der Waals surface area contributed by atoms with E-state index in [-0.39, 0.29) is 35.2 Å². The topological polar surface area (TPSA) is 52.6 Å². The monoisotopic (exact) mass is 430 g/mol. The van der Waals surface area contributed by atoms with E-state index in [2.05, 4.69) is 15.9 Å². The smallest absolute Gasteiger partial charge is 0.203 e. The van der Waals surface area contributed by atoms with Gasteiger partial charge < -0.3 is 9.47 Å². The number of hydrogen-bond acceptors (Lipinski definition) is 5. The Kier molecular flexibility index (Phi) is 7.50. The van der Waals surface area contributed by atoms with Crippen molar-refractivity contribution in [1.29, 1.82) is 0 Å². The van der Waals surface area contributed by atoms with E-state index < -0.39 is 12.5 Å². The van der Waals surface area contributed by atoms with Crippen molar-refractivity contribution in [2.45, 2.75) is 24.7 Å². The number of allylic oxidation sites excluding steroid dienone is 1. The number of rotatable bonds is 10. The fraction of sp³-hybridized carbons (Fsp3) is 0.444. The van der Waals surface area contributed by atoms with Crippen LogP contribution in [-0.4, -0.2) is 37.7 Å². The van der Waals surface area contributed by atoms with Crippen molar-refractivity contribution >= 4 is 39.3 Å². The van der Waals surface area contributed by atoms with Crippen molar-refractivity contribution < 1.29 is 23.5 Å². The minimum atomic E-state index is -0.670. The molecule has 0 atom stereocenters. The zero-order valence-electron chi connectivity index (χ0n) is 14.1. The summed E-state index contributed by atoms with van der Waals surface area (Å²) in [6.07, 6.45) is 4.65. The molecule has 25 heavy (non-hydrogen) atoms. The molecule has 0 heterocycles. The van der Waals surface area contributed by atoms with E-state index in [9.17, 15) is 14.0 Å². The van der Waals surface area contributed by atoms with Crippen LogP contribution in [0.15, 0.2) is 33.3 Å². The second-order valence-corrected chi connectivity index (χ2v) is 7.12. The maximum absolute atomic E-state index is 13.0. The summed E-state index contributed by atoms with van der Waals surface area (Å²) >= 11 is 4.79. The average Bonchev–Trinajstić information content (AvgIpc) is 3.44. The number of Topliss-reactive ketones (excluding diaryl/α,β-unsaturated/α-hetero) is 2. The van der Waals surface area contributed by atoms with Crippen LogP contribution >= 0.6 is 27.7 Å². The minimum absolute atomic E-state index is 0.0174. The molecule has 0 spiro atoms. The molecule has 1 aromatic carbocycles. The number of carbonyl (C=O) groups excluding carboxylic acids is 2. The fourth-order valence-electron chi connectivity index (χ4n) is 2.29. The van der Waals surface area contributed by atoms with Crippen molar-refractivity contribution in [3.63, 3.8) is 0 Å². The van der Waals surface area contributed by atoms with Gasteiger partial charge in [-0.3, -0.25) is 9.59 Å². The first kappa shape index (κ1) is 20.0. The lowest BCUT2D eigenvalue weighted by molar-refractivity contribution is -0.116. The standard InChI is InChI=1S/C18H20BrFO4S/c1-3-23-10-13(15(21)11-4-5-11)16(22)12-6-7-14(19)18(25-2)17(12)24-9-8-20/h6-7,10-11H,3-5,8-9H2,1-2H3/b13-10-. The molecule has 1 fully saturated rings. The summed E-state index contributed by atoms with van der Waals surface area (Å²) in [6.45, 7) is 1.31. The second kappa shape index (κ2) is 9.38. The Bertz CT molecular complexity index is 686. The van der Waals surface area contributed by atoms with E-state index in [1.807, 2.05) is 6.26 Å². The van der Waals surface area contributed by atoms with Crippen LogP contribution in [0.4, 0.5) is 4.39 Å². The van der Waals surface area contributed by atoms with Crippen molar-refractivity contribution in [2.75, 3.05) is 26.1 Å². The first-order valence-corrected chi connectivity index (χ1v) is 10.0. The lowest BCUT2D eigenvalue weighted by Crippen LogP contribution is -2.17. The van der Waals surface area contributed by atoms with Crippen molar-refractivity contribution in [2.24, 2.45) is 5.92 Å². The first-order chi connectivity index (χ1) is 12.0. The summed E-state index contributed by atoms with van der Waals surface area (Å²) in [7, 11) is 0. The van der Waals surface area contributed by atoms with Gasteiger partial charge in [-0.15, -0.1) is 11.8 Å². The molecule has 0 bridgehead atoms. The van der Waals surface area contributed by atoms with Gasteiger partial charge in [-0.05, 0) is 54.1 Å². The number of alkyl halides is 1. The number of benzene rings is 1. The van der Waals surface area contributed by atoms with Gasteiger partial charge in [0.25, 0.3) is 0 Å². The van der Waals surface area contributed by atoms with Crippen LogP contribution in [0.25, 0.3) is 0 Å². The number of carbonyl (C=O) groups is 2. The SMILES string of the molecule is CCO/C=C(\C(=O)c1ccc(Br)c(SC)c1OCCF)C(=O)C1CC1. The van der Waals surface area contributed by atoms with E-state index in [1.165, 1.54) is 18.0 Å². The fourth-order valence-corrected chi connectivity index (χ4v) is 3.71. The van der Waals surface area contributed by atoms with Crippen LogP contribution in [0.1, 0.15) is 30.1 Å². The third-order valence-corrected chi connectivity index (χ3v) is 5.40. The van der Waals surface area contributed by atoms with Gasteiger partial charge in [-0.25, -0.2) is 4.39 Å². The van der Waals surface area contributed by atoms with Gasteiger partial charge in [0.2, 0.25) is 5.78 Å². The number of halogens is 2. The Balaban J connectivity index is 2.45. The number of ether oxygens (including phenoxy) is 2. The highest BCUT2D eigenvalue weighted by Crippen LogP contribution is 2.40. The van der Waals surface area contributed by atoms with Crippen LogP contribution in [0.5, 0.6) is 5.75 Å². The maximum atomic E-state index is 13.0. The van der Waals surface area contributed by atoms with E-state index in [0.29, 0.717) is 11.5 Å². The molecule has 2 rings (SSSR count). The minimum Gasteiger partial charge on any atom is -0.501 e. The molecule has 4 nitrogen and oxygen atoms in total. The van der Waals surface area contributed by atoms with Gasteiger partial charge in [0.05, 0.1) is 23.3 Å². The zero-order chi connectivity index (χ0) is 18.4. The molecule has 1 aliphatic carbocycles. The van der Waals surface area contributed by atoms with Gasteiger partial charge >= 0.3 is 0 Å². The van der Waals surface area contributed by atoms with Crippen molar-refractivity contribution in [1.82, 2.24) is 0 Å². The quantitative estimate of drug-likeness (QED) is 0.135. The summed E-state index contributed by atoms with van der Waals surface area (Å²) in [6, 6.07) is 3.31. The lowest BCUT2D eigenvalue weighted by atomic mass is 9.98. The largest absolute Gasteiger partial charge is 0.501 e. The molecule has 136 valence electrons. The molecule has 0 aromatic heterocycles. The van der Waals surface area contributed by atoms with Crippen LogP contribution in [0.2, 0.25) is 0 Å². The Labute approximate surface area is 159 Å². The number of ketones is 2. The highest BCUT2D eigenvalue weighted by atomic mass is 79.9. The Morgan fingerprint density at radius 3 is 2.68 bits per heavy atom. The van der Waals surface area contributed by atoms with Gasteiger partial charge in [0.15, 0.2) is 5.78 Å². The van der Waals surface area contributed by atoms with E-state index in [0.717, 1.165) is 17.3 Å². The Morgan fingerprint density at radius 2 is 2.12 bits per heavy atom. The molecule has 0 radical (unpaired) electrons. The highest BCUT2D eigenvalue weighted by molar-refractivity contribution is 9.10. The molecular weight excluding hydrogens is 411 g/mol. The van der Waals surface area contributed by atoms with Crippen LogP contribution < -0.4 is 4.74 Å². The van der Waals surface area contributed by atoms with E-state index in [1.54, 1.807) is 19.1 Å². The van der Waals surface area contributed by atoms with Gasteiger partial charge in [0.1, 0.15) is 24.6 Å². The molecule has 0 saturated heterocycles. The molecule has 0 N–H and O–H groups in total. The summed E-state index contributed by atoms with van der Waals surface area (Å²) in [4.78, 5) is 26.2. The van der Waals surface area contributed by atoms with Crippen LogP contribution in [0, 0.1) is 5.92 Å². The van der Waals surface area contributed by atoms with Crippen LogP contribution in [-0.2, 0) is 9.53 Å². The zero-order valence-corrected chi connectivity index (χ0v) is 16.5. The van der Waals surface area contributed by atoms with Crippen molar-refractivity contribution in [3.8, 4) is 5.75 Å². The number of thioether (sulfide) groups is 1. The summed E-state index contributed by atoms with van der Waals surface area (Å²) in [5, 5.41) is 0. The molecule has 7 heteroatoms. The molecule has 0 unspecified atom stereocenters. The highest BCUT2D eigenvalue weighted by Gasteiger charge is 2.36. The molecule has 1 saturated carbocycles. The third kappa shape index (κ3) is 4.85. The third-order valence-electron chi connectivity index (χ3n) is 3.66. The summed E-state index contributed by atoms with van der Waals surface area (Å²) < 4.78 is 24.1. The average molecular weight is 431 g/mol. The summed E-state index contributed by atoms with van der Waals surface area (Å²) in [5.41, 5.74) is 0.254. The van der Waals surface area contributed by atoms with Gasteiger partial charge in [0, 0.05) is 10.4 Å². The lowest BCUT2D eigenvalue weighted by Gasteiger charge is -2.15. The normalized spacial score (nSPS) is 14.3. The van der Waals surface area contributed by atoms with Crippen molar-refractivity contribution in [3.05, 3.63) is 34.0 Å².